The molecule has 0 radical (unpaired) electrons. The SMILES string of the molecule is CN1C(=O)/C(=C/c2ccc(-c3ccc([N+](=O)[O-])cc3)o2)N=C1N. The number of hydrogen-bond donors (Lipinski definition) is 1. The van der Waals surface area contributed by atoms with Crippen LogP contribution in [0.25, 0.3) is 17.4 Å². The van der Waals surface area contributed by atoms with Crippen LogP contribution < -0.4 is 5.73 Å². The number of guanidine groups is 1. The largest absolute Gasteiger partial charge is 0.457 e. The van der Waals surface area contributed by atoms with E-state index in [9.17, 15) is 14.9 Å². The molecule has 0 unspecified atom stereocenters. The van der Waals surface area contributed by atoms with Gasteiger partial charge in [-0.25, -0.2) is 4.99 Å². The normalized spacial score (nSPS) is 16.0. The van der Waals surface area contributed by atoms with Gasteiger partial charge in [0.2, 0.25) is 5.96 Å². The topological polar surface area (TPSA) is 115 Å². The average molecular weight is 312 g/mol. The van der Waals surface area contributed by atoms with Crippen LogP contribution in [0.4, 0.5) is 5.69 Å². The molecule has 23 heavy (non-hydrogen) atoms. The van der Waals surface area contributed by atoms with Crippen molar-refractivity contribution in [2.24, 2.45) is 10.7 Å². The molecule has 0 fully saturated rings. The van der Waals surface area contributed by atoms with Gasteiger partial charge < -0.3 is 10.2 Å². The molecular formula is C15H12N4O4. The fourth-order valence-electron chi connectivity index (χ4n) is 2.08. The second kappa shape index (κ2) is 5.41. The van der Waals surface area contributed by atoms with E-state index in [0.29, 0.717) is 17.1 Å². The van der Waals surface area contributed by atoms with Gasteiger partial charge in [-0.05, 0) is 24.3 Å². The van der Waals surface area contributed by atoms with Gasteiger partial charge >= 0.3 is 0 Å². The summed E-state index contributed by atoms with van der Waals surface area (Å²) in [6.07, 6.45) is 1.49. The van der Waals surface area contributed by atoms with Gasteiger partial charge in [0, 0.05) is 30.8 Å². The van der Waals surface area contributed by atoms with Crippen LogP contribution in [0.3, 0.4) is 0 Å². The molecule has 1 amide bonds. The van der Waals surface area contributed by atoms with Crippen molar-refractivity contribution in [1.29, 1.82) is 0 Å². The minimum Gasteiger partial charge on any atom is -0.457 e. The number of aliphatic imine (C=N–C) groups is 1. The van der Waals surface area contributed by atoms with E-state index in [-0.39, 0.29) is 23.3 Å². The summed E-state index contributed by atoms with van der Waals surface area (Å²) in [5, 5.41) is 10.6. The van der Waals surface area contributed by atoms with Crippen molar-refractivity contribution >= 4 is 23.6 Å². The summed E-state index contributed by atoms with van der Waals surface area (Å²) in [4.78, 5) is 27.2. The van der Waals surface area contributed by atoms with E-state index in [2.05, 4.69) is 4.99 Å². The Balaban J connectivity index is 1.86. The second-order valence-electron chi connectivity index (χ2n) is 4.87. The van der Waals surface area contributed by atoms with Crippen molar-refractivity contribution in [2.45, 2.75) is 0 Å². The van der Waals surface area contributed by atoms with Crippen molar-refractivity contribution < 1.29 is 14.1 Å². The first-order valence-electron chi connectivity index (χ1n) is 6.64. The predicted octanol–water partition coefficient (Wildman–Crippen LogP) is 1.98. The Morgan fingerprint density at radius 2 is 1.96 bits per heavy atom. The number of rotatable bonds is 3. The zero-order valence-electron chi connectivity index (χ0n) is 12.1. The maximum Gasteiger partial charge on any atom is 0.279 e. The molecule has 0 spiro atoms. The first-order valence-corrected chi connectivity index (χ1v) is 6.64. The minimum absolute atomic E-state index is 0.00653. The number of nitrogens with zero attached hydrogens (tertiary/aromatic N) is 3. The molecule has 2 N–H and O–H groups in total. The molecule has 1 aliphatic rings. The molecule has 116 valence electrons. The summed E-state index contributed by atoms with van der Waals surface area (Å²) in [5.74, 6) is 0.787. The molecule has 0 aliphatic carbocycles. The molecule has 0 saturated heterocycles. The van der Waals surface area contributed by atoms with Gasteiger partial charge in [0.05, 0.1) is 4.92 Å². The van der Waals surface area contributed by atoms with Gasteiger partial charge in [-0.15, -0.1) is 0 Å². The number of non-ortho nitro benzene ring substituents is 1. The highest BCUT2D eigenvalue weighted by atomic mass is 16.6. The number of nitrogens with two attached hydrogens (primary N) is 1. The third kappa shape index (κ3) is 2.69. The molecule has 0 bridgehead atoms. The Kier molecular flexibility index (Phi) is 3.41. The number of carbonyl (C=O) groups excluding carboxylic acids is 1. The van der Waals surface area contributed by atoms with E-state index in [1.54, 1.807) is 24.3 Å². The third-order valence-corrected chi connectivity index (χ3v) is 3.37. The standard InChI is InChI=1S/C15H12N4O4/c1-18-14(20)12(17-15(18)16)8-11-6-7-13(23-11)9-2-4-10(5-3-9)19(21)22/h2-8H,1H3,(H2,16,17)/b12-8-. The molecule has 8 nitrogen and oxygen atoms in total. The van der Waals surface area contributed by atoms with Gasteiger partial charge in [-0.2, -0.15) is 0 Å². The molecule has 3 rings (SSSR count). The quantitative estimate of drug-likeness (QED) is 0.528. The smallest absolute Gasteiger partial charge is 0.279 e. The molecule has 0 saturated carbocycles. The van der Waals surface area contributed by atoms with Crippen LogP contribution in [0, 0.1) is 10.1 Å². The van der Waals surface area contributed by atoms with E-state index < -0.39 is 4.92 Å². The Morgan fingerprint density at radius 3 is 2.52 bits per heavy atom. The predicted molar refractivity (Wildman–Crippen MR) is 83.2 cm³/mol. The van der Waals surface area contributed by atoms with Crippen LogP contribution >= 0.6 is 0 Å². The summed E-state index contributed by atoms with van der Waals surface area (Å²) >= 11 is 0. The van der Waals surface area contributed by atoms with Crippen molar-refractivity contribution in [1.82, 2.24) is 4.90 Å². The highest BCUT2D eigenvalue weighted by Gasteiger charge is 2.25. The number of furan rings is 1. The number of benzene rings is 1. The zero-order valence-corrected chi connectivity index (χ0v) is 12.1. The number of amides is 1. The number of carbonyl (C=O) groups is 1. The van der Waals surface area contributed by atoms with Gasteiger partial charge in [0.1, 0.15) is 17.2 Å². The summed E-state index contributed by atoms with van der Waals surface area (Å²) in [5.41, 5.74) is 6.46. The van der Waals surface area contributed by atoms with E-state index in [1.165, 1.54) is 30.2 Å². The third-order valence-electron chi connectivity index (χ3n) is 3.37. The van der Waals surface area contributed by atoms with Crippen LogP contribution in [0.2, 0.25) is 0 Å². The molecule has 1 aromatic carbocycles. The summed E-state index contributed by atoms with van der Waals surface area (Å²) in [6.45, 7) is 0. The van der Waals surface area contributed by atoms with E-state index in [1.807, 2.05) is 0 Å². The lowest BCUT2D eigenvalue weighted by atomic mass is 10.1. The maximum absolute atomic E-state index is 11.9. The summed E-state index contributed by atoms with van der Waals surface area (Å²) < 4.78 is 5.62. The molecule has 1 aliphatic heterocycles. The minimum atomic E-state index is -0.466. The van der Waals surface area contributed by atoms with Crippen LogP contribution in [0.5, 0.6) is 0 Å². The fraction of sp³-hybridized carbons (Fsp3) is 0.0667. The van der Waals surface area contributed by atoms with Gasteiger partial charge in [-0.3, -0.25) is 19.8 Å². The summed E-state index contributed by atoms with van der Waals surface area (Å²) in [7, 11) is 1.53. The van der Waals surface area contributed by atoms with Gasteiger partial charge in [-0.1, -0.05) is 0 Å². The van der Waals surface area contributed by atoms with Crippen LogP contribution in [-0.4, -0.2) is 28.7 Å². The van der Waals surface area contributed by atoms with E-state index in [4.69, 9.17) is 10.2 Å². The first kappa shape index (κ1) is 14.5. The zero-order chi connectivity index (χ0) is 16.6. The lowest BCUT2D eigenvalue weighted by Crippen LogP contribution is -2.33. The van der Waals surface area contributed by atoms with Crippen LogP contribution in [-0.2, 0) is 4.79 Å². The monoisotopic (exact) mass is 312 g/mol. The lowest BCUT2D eigenvalue weighted by Gasteiger charge is -2.05. The Labute approximate surface area is 130 Å². The van der Waals surface area contributed by atoms with Crippen LogP contribution in [0.15, 0.2) is 51.5 Å². The first-order chi connectivity index (χ1) is 11.0. The van der Waals surface area contributed by atoms with Gasteiger partial charge in [0.25, 0.3) is 11.6 Å². The second-order valence-corrected chi connectivity index (χ2v) is 4.87. The molecule has 1 aromatic heterocycles. The van der Waals surface area contributed by atoms with E-state index >= 15 is 0 Å². The Hall–Kier alpha value is -3.42. The van der Waals surface area contributed by atoms with Crippen molar-refractivity contribution in [3.63, 3.8) is 0 Å². The summed E-state index contributed by atoms with van der Waals surface area (Å²) in [6, 6.07) is 9.38. The lowest BCUT2D eigenvalue weighted by molar-refractivity contribution is -0.384. The number of hydrogen-bond acceptors (Lipinski definition) is 6. The fourth-order valence-corrected chi connectivity index (χ4v) is 2.08. The molecule has 0 atom stereocenters. The highest BCUT2D eigenvalue weighted by molar-refractivity contribution is 6.12. The van der Waals surface area contributed by atoms with E-state index in [0.717, 1.165) is 0 Å². The number of nitro groups is 1. The van der Waals surface area contributed by atoms with Gasteiger partial charge in [0.15, 0.2) is 0 Å². The molecular weight excluding hydrogens is 300 g/mol. The van der Waals surface area contributed by atoms with Crippen molar-refractivity contribution in [3.05, 3.63) is 58.0 Å². The molecule has 2 aromatic rings. The molecule has 8 heteroatoms. The Bertz CT molecular complexity index is 849. The molecule has 2 heterocycles. The maximum atomic E-state index is 11.9. The average Bonchev–Trinajstić information content (AvgIpc) is 3.09. The Morgan fingerprint density at radius 1 is 1.26 bits per heavy atom. The van der Waals surface area contributed by atoms with Crippen LogP contribution in [0.1, 0.15) is 5.76 Å². The number of nitro benzene ring substituents is 1. The highest BCUT2D eigenvalue weighted by Crippen LogP contribution is 2.26. The van der Waals surface area contributed by atoms with Crippen molar-refractivity contribution in [3.8, 4) is 11.3 Å². The number of likely N-dealkylation sites (N-methyl/N-ethyl adjacent to an activating group) is 1. The van der Waals surface area contributed by atoms with Crippen molar-refractivity contribution in [2.75, 3.05) is 7.05 Å².